The molecule has 3 rings (SSSR count). The van der Waals surface area contributed by atoms with Crippen LogP contribution in [0.2, 0.25) is 0 Å². The van der Waals surface area contributed by atoms with E-state index in [9.17, 15) is 13.2 Å². The van der Waals surface area contributed by atoms with Gasteiger partial charge < -0.3 is 15.0 Å². The Morgan fingerprint density at radius 1 is 1.17 bits per heavy atom. The van der Waals surface area contributed by atoms with Crippen molar-refractivity contribution in [1.29, 1.82) is 0 Å². The van der Waals surface area contributed by atoms with Crippen LogP contribution in [-0.2, 0) is 21.4 Å². The summed E-state index contributed by atoms with van der Waals surface area (Å²) >= 11 is 0. The van der Waals surface area contributed by atoms with Crippen molar-refractivity contribution in [3.05, 3.63) is 53.6 Å². The van der Waals surface area contributed by atoms with Gasteiger partial charge in [-0.25, -0.2) is 13.1 Å². The van der Waals surface area contributed by atoms with Gasteiger partial charge in [0.15, 0.2) is 6.54 Å². The van der Waals surface area contributed by atoms with E-state index in [0.717, 1.165) is 30.7 Å². The molecule has 1 amide bonds. The number of sulfonamides is 1. The SMILES string of the molecule is CNS(=O)(=O)c1cc(NC(=O)C[NH+](Cc2ccc(OC)cc2)C2CC2)ccc1C. The van der Waals surface area contributed by atoms with Gasteiger partial charge in [-0.05, 0) is 55.9 Å². The first kappa shape index (κ1) is 21.3. The molecule has 1 aliphatic rings. The zero-order valence-electron chi connectivity index (χ0n) is 17.0. The molecule has 156 valence electrons. The van der Waals surface area contributed by atoms with Crippen LogP contribution < -0.4 is 19.7 Å². The van der Waals surface area contributed by atoms with Crippen LogP contribution in [0.1, 0.15) is 24.0 Å². The van der Waals surface area contributed by atoms with Crippen molar-refractivity contribution in [3.8, 4) is 5.75 Å². The Morgan fingerprint density at radius 3 is 2.45 bits per heavy atom. The molecule has 3 N–H and O–H groups in total. The Hall–Kier alpha value is -2.42. The van der Waals surface area contributed by atoms with Crippen LogP contribution >= 0.6 is 0 Å². The van der Waals surface area contributed by atoms with Crippen LogP contribution in [0.5, 0.6) is 5.75 Å². The molecule has 0 radical (unpaired) electrons. The molecule has 0 aliphatic heterocycles. The average molecular weight is 419 g/mol. The molecular formula is C21H28N3O4S+. The van der Waals surface area contributed by atoms with Crippen molar-refractivity contribution in [3.63, 3.8) is 0 Å². The van der Waals surface area contributed by atoms with Crippen molar-refractivity contribution in [2.24, 2.45) is 0 Å². The molecule has 1 fully saturated rings. The van der Waals surface area contributed by atoms with Crippen molar-refractivity contribution in [2.75, 3.05) is 26.0 Å². The lowest BCUT2D eigenvalue weighted by molar-refractivity contribution is -0.916. The first-order valence-electron chi connectivity index (χ1n) is 9.64. The average Bonchev–Trinajstić information content (AvgIpc) is 3.54. The van der Waals surface area contributed by atoms with E-state index in [0.29, 0.717) is 23.8 Å². The number of quaternary nitrogens is 1. The third-order valence-electron chi connectivity index (χ3n) is 5.16. The van der Waals surface area contributed by atoms with Gasteiger partial charge in [-0.3, -0.25) is 4.79 Å². The lowest BCUT2D eigenvalue weighted by Gasteiger charge is -2.19. The Kier molecular flexibility index (Phi) is 6.56. The molecule has 8 heteroatoms. The van der Waals surface area contributed by atoms with Crippen molar-refractivity contribution in [1.82, 2.24) is 4.72 Å². The number of benzene rings is 2. The smallest absolute Gasteiger partial charge is 0.279 e. The van der Waals surface area contributed by atoms with Gasteiger partial charge in [-0.15, -0.1) is 0 Å². The predicted octanol–water partition coefficient (Wildman–Crippen LogP) is 1.10. The van der Waals surface area contributed by atoms with Crippen molar-refractivity contribution >= 4 is 21.6 Å². The van der Waals surface area contributed by atoms with Crippen LogP contribution in [0.4, 0.5) is 5.69 Å². The van der Waals surface area contributed by atoms with Gasteiger partial charge in [0, 0.05) is 24.1 Å². The Bertz CT molecular complexity index is 970. The van der Waals surface area contributed by atoms with Gasteiger partial charge in [-0.1, -0.05) is 6.07 Å². The van der Waals surface area contributed by atoms with Gasteiger partial charge in [0.05, 0.1) is 18.0 Å². The van der Waals surface area contributed by atoms with Crippen molar-refractivity contribution < 1.29 is 22.8 Å². The van der Waals surface area contributed by atoms with E-state index in [4.69, 9.17) is 4.74 Å². The maximum Gasteiger partial charge on any atom is 0.279 e. The number of hydrogen-bond acceptors (Lipinski definition) is 4. The second-order valence-electron chi connectivity index (χ2n) is 7.37. The molecular weight excluding hydrogens is 390 g/mol. The number of hydrogen-bond donors (Lipinski definition) is 3. The number of rotatable bonds is 9. The first-order chi connectivity index (χ1) is 13.8. The molecule has 0 heterocycles. The number of methoxy groups -OCH3 is 1. The van der Waals surface area contributed by atoms with Crippen LogP contribution in [0.25, 0.3) is 0 Å². The summed E-state index contributed by atoms with van der Waals surface area (Å²) in [6.45, 7) is 2.82. The molecule has 1 unspecified atom stereocenters. The maximum absolute atomic E-state index is 12.6. The molecule has 0 saturated heterocycles. The van der Waals surface area contributed by atoms with E-state index in [1.54, 1.807) is 26.2 Å². The number of carbonyl (C=O) groups excluding carboxylic acids is 1. The molecule has 7 nitrogen and oxygen atoms in total. The molecule has 2 aromatic carbocycles. The molecule has 1 atom stereocenters. The zero-order chi connectivity index (χ0) is 21.0. The lowest BCUT2D eigenvalue weighted by Crippen LogP contribution is -3.13. The quantitative estimate of drug-likeness (QED) is 0.569. The minimum Gasteiger partial charge on any atom is -0.497 e. The largest absolute Gasteiger partial charge is 0.497 e. The second kappa shape index (κ2) is 8.94. The number of amides is 1. The summed E-state index contributed by atoms with van der Waals surface area (Å²) in [5, 5.41) is 2.85. The summed E-state index contributed by atoms with van der Waals surface area (Å²) in [7, 11) is -0.567. The number of nitrogens with one attached hydrogen (secondary N) is 3. The monoisotopic (exact) mass is 418 g/mol. The maximum atomic E-state index is 12.6. The third kappa shape index (κ3) is 5.56. The normalized spacial score (nSPS) is 15.0. The van der Waals surface area contributed by atoms with Gasteiger partial charge in [0.25, 0.3) is 5.91 Å². The van der Waals surface area contributed by atoms with E-state index >= 15 is 0 Å². The van der Waals surface area contributed by atoms with Crippen LogP contribution in [-0.4, -0.2) is 41.1 Å². The topological polar surface area (TPSA) is 88.9 Å². The van der Waals surface area contributed by atoms with Gasteiger partial charge in [-0.2, -0.15) is 0 Å². The molecule has 0 aromatic heterocycles. The summed E-state index contributed by atoms with van der Waals surface area (Å²) < 4.78 is 31.8. The minimum atomic E-state index is -3.58. The van der Waals surface area contributed by atoms with Crippen LogP contribution in [0.3, 0.4) is 0 Å². The summed E-state index contributed by atoms with van der Waals surface area (Å²) in [6.07, 6.45) is 2.24. The van der Waals surface area contributed by atoms with Crippen LogP contribution in [0, 0.1) is 6.92 Å². The standard InChI is InChI=1S/C21H27N3O4S/c1-15-4-7-17(12-20(15)29(26,27)22-2)23-21(25)14-24(18-8-9-18)13-16-5-10-19(28-3)11-6-16/h4-7,10-12,18,22H,8-9,13-14H2,1-3H3,(H,23,25)/p+1. The molecule has 29 heavy (non-hydrogen) atoms. The highest BCUT2D eigenvalue weighted by Gasteiger charge is 2.34. The van der Waals surface area contributed by atoms with E-state index in [2.05, 4.69) is 10.0 Å². The highest BCUT2D eigenvalue weighted by atomic mass is 32.2. The van der Waals surface area contributed by atoms with Gasteiger partial charge in [0.1, 0.15) is 12.3 Å². The minimum absolute atomic E-state index is 0.128. The fourth-order valence-electron chi connectivity index (χ4n) is 3.34. The number of aryl methyl sites for hydroxylation is 1. The summed E-state index contributed by atoms with van der Waals surface area (Å²) in [5.74, 6) is 0.684. The molecule has 2 aromatic rings. The van der Waals surface area contributed by atoms with E-state index in [1.807, 2.05) is 24.3 Å². The highest BCUT2D eigenvalue weighted by Crippen LogP contribution is 2.20. The van der Waals surface area contributed by atoms with E-state index in [1.165, 1.54) is 18.0 Å². The zero-order valence-corrected chi connectivity index (χ0v) is 17.8. The third-order valence-corrected chi connectivity index (χ3v) is 6.72. The first-order valence-corrected chi connectivity index (χ1v) is 11.1. The molecule has 0 spiro atoms. The molecule has 0 bridgehead atoms. The number of carbonyl (C=O) groups is 1. The summed E-state index contributed by atoms with van der Waals surface area (Å²) in [5.41, 5.74) is 2.26. The predicted molar refractivity (Wildman–Crippen MR) is 112 cm³/mol. The van der Waals surface area contributed by atoms with Gasteiger partial charge >= 0.3 is 0 Å². The van der Waals surface area contributed by atoms with Gasteiger partial charge in [0.2, 0.25) is 10.0 Å². The lowest BCUT2D eigenvalue weighted by atomic mass is 10.2. The fraction of sp³-hybridized carbons (Fsp3) is 0.381. The Morgan fingerprint density at radius 2 is 1.86 bits per heavy atom. The van der Waals surface area contributed by atoms with E-state index in [-0.39, 0.29) is 10.8 Å². The highest BCUT2D eigenvalue weighted by molar-refractivity contribution is 7.89. The van der Waals surface area contributed by atoms with Crippen molar-refractivity contribution in [2.45, 2.75) is 37.2 Å². The summed E-state index contributed by atoms with van der Waals surface area (Å²) in [6, 6.07) is 13.3. The number of anilines is 1. The van der Waals surface area contributed by atoms with Crippen LogP contribution in [0.15, 0.2) is 47.4 Å². The molecule has 1 aliphatic carbocycles. The van der Waals surface area contributed by atoms with E-state index < -0.39 is 10.0 Å². The number of ether oxygens (including phenoxy) is 1. The Balaban J connectivity index is 1.67. The Labute approximate surface area is 172 Å². The summed E-state index contributed by atoms with van der Waals surface area (Å²) in [4.78, 5) is 14.0. The molecule has 1 saturated carbocycles. The fourth-order valence-corrected chi connectivity index (χ4v) is 4.33. The second-order valence-corrected chi connectivity index (χ2v) is 9.23.